The summed E-state index contributed by atoms with van der Waals surface area (Å²) in [5.41, 5.74) is 5.12. The summed E-state index contributed by atoms with van der Waals surface area (Å²) in [5.74, 6) is 0.614. The van der Waals surface area contributed by atoms with Crippen LogP contribution in [0.2, 0.25) is 0 Å². The third-order valence-corrected chi connectivity index (χ3v) is 1.32. The van der Waals surface area contributed by atoms with Crippen LogP contribution in [0.1, 0.15) is 23.4 Å². The number of hydrogen-bond donors (Lipinski definition) is 1. The molecular weight excluding hydrogens is 144 g/mol. The summed E-state index contributed by atoms with van der Waals surface area (Å²) in [6.07, 6.45) is 2.10. The predicted octanol–water partition coefficient (Wildman–Crippen LogP) is 0.378. The average molecular weight is 154 g/mol. The van der Waals surface area contributed by atoms with E-state index in [1.165, 1.54) is 6.20 Å². The van der Waals surface area contributed by atoms with E-state index >= 15 is 0 Å². The molecule has 0 saturated heterocycles. The van der Waals surface area contributed by atoms with Crippen molar-refractivity contribution in [2.45, 2.75) is 13.3 Å². The fraction of sp³-hybridized carbons (Fsp3) is 0.429. The maximum absolute atomic E-state index is 10.9. The van der Waals surface area contributed by atoms with Crippen molar-refractivity contribution in [3.63, 3.8) is 0 Å². The molecule has 0 unspecified atom stereocenters. The van der Waals surface area contributed by atoms with Crippen molar-refractivity contribution in [1.82, 2.24) is 4.98 Å². The van der Waals surface area contributed by atoms with Crippen molar-refractivity contribution < 1.29 is 9.21 Å². The van der Waals surface area contributed by atoms with Gasteiger partial charge in [-0.15, -0.1) is 0 Å². The maximum atomic E-state index is 10.9. The van der Waals surface area contributed by atoms with Crippen LogP contribution in [0.4, 0.5) is 0 Å². The first kappa shape index (κ1) is 7.94. The van der Waals surface area contributed by atoms with Crippen LogP contribution in [0.5, 0.6) is 0 Å². The van der Waals surface area contributed by atoms with E-state index in [2.05, 4.69) is 4.98 Å². The summed E-state index contributed by atoms with van der Waals surface area (Å²) in [7, 11) is 0. The molecule has 60 valence electrons. The molecule has 0 fully saturated rings. The fourth-order valence-electron chi connectivity index (χ4n) is 0.703. The summed E-state index contributed by atoms with van der Waals surface area (Å²) in [4.78, 5) is 14.7. The second-order valence-electron chi connectivity index (χ2n) is 2.10. The van der Waals surface area contributed by atoms with Crippen molar-refractivity contribution >= 4 is 5.78 Å². The molecule has 1 rings (SSSR count). The summed E-state index contributed by atoms with van der Waals surface area (Å²) >= 11 is 0. The lowest BCUT2D eigenvalue weighted by Gasteiger charge is -1.88. The highest BCUT2D eigenvalue weighted by Crippen LogP contribution is 2.03. The number of nitrogens with zero attached hydrogens (tertiary/aromatic N) is 1. The van der Waals surface area contributed by atoms with Gasteiger partial charge in [0.1, 0.15) is 0 Å². The fourth-order valence-corrected chi connectivity index (χ4v) is 0.703. The van der Waals surface area contributed by atoms with Gasteiger partial charge in [-0.25, -0.2) is 4.98 Å². The maximum Gasteiger partial charge on any atom is 0.213 e. The van der Waals surface area contributed by atoms with Gasteiger partial charge in [0.15, 0.2) is 11.7 Å². The summed E-state index contributed by atoms with van der Waals surface area (Å²) < 4.78 is 5.04. The number of hydrogen-bond acceptors (Lipinski definition) is 4. The highest BCUT2D eigenvalue weighted by molar-refractivity contribution is 5.94. The second-order valence-corrected chi connectivity index (χ2v) is 2.10. The molecular formula is C7H10N2O2. The topological polar surface area (TPSA) is 69.1 Å². The number of oxazole rings is 1. The van der Waals surface area contributed by atoms with Gasteiger partial charge >= 0.3 is 0 Å². The summed E-state index contributed by atoms with van der Waals surface area (Å²) in [6, 6.07) is 0. The normalized spacial score (nSPS) is 10.0. The Labute approximate surface area is 64.4 Å². The molecule has 0 aliphatic heterocycles. The third-order valence-electron chi connectivity index (χ3n) is 1.32. The Morgan fingerprint density at radius 1 is 1.82 bits per heavy atom. The van der Waals surface area contributed by atoms with Crippen LogP contribution in [-0.2, 0) is 6.42 Å². The molecule has 1 aromatic heterocycles. The first-order chi connectivity index (χ1) is 5.27. The summed E-state index contributed by atoms with van der Waals surface area (Å²) in [5, 5.41) is 0. The van der Waals surface area contributed by atoms with E-state index in [4.69, 9.17) is 10.2 Å². The van der Waals surface area contributed by atoms with Gasteiger partial charge in [-0.05, 0) is 0 Å². The lowest BCUT2D eigenvalue weighted by atomic mass is 10.3. The Morgan fingerprint density at radius 3 is 3.00 bits per heavy atom. The zero-order valence-corrected chi connectivity index (χ0v) is 6.33. The molecule has 0 aromatic carbocycles. The zero-order chi connectivity index (χ0) is 8.27. The second kappa shape index (κ2) is 3.30. The molecule has 0 saturated carbocycles. The van der Waals surface area contributed by atoms with Gasteiger partial charge in [-0.2, -0.15) is 0 Å². The summed E-state index contributed by atoms with van der Waals surface area (Å²) in [6.45, 7) is 1.88. The van der Waals surface area contributed by atoms with E-state index in [9.17, 15) is 4.79 Å². The first-order valence-electron chi connectivity index (χ1n) is 3.46. The van der Waals surface area contributed by atoms with Gasteiger partial charge in [0.2, 0.25) is 5.78 Å². The van der Waals surface area contributed by atoms with Crippen molar-refractivity contribution in [3.05, 3.63) is 17.8 Å². The van der Waals surface area contributed by atoms with Gasteiger partial charge in [0.25, 0.3) is 0 Å². The Morgan fingerprint density at radius 2 is 2.55 bits per heavy atom. The van der Waals surface area contributed by atoms with Crippen LogP contribution in [0.3, 0.4) is 0 Å². The molecule has 0 aliphatic rings. The van der Waals surface area contributed by atoms with Crippen molar-refractivity contribution in [3.8, 4) is 0 Å². The number of carbonyl (C=O) groups excluding carboxylic acids is 1. The van der Waals surface area contributed by atoms with E-state index in [0.717, 1.165) is 0 Å². The standard InChI is InChI=1S/C7H10N2O2/c1-2-7-9-4-6(11-7)5(10)3-8/h4H,2-3,8H2,1H3. The number of aromatic nitrogens is 1. The first-order valence-corrected chi connectivity index (χ1v) is 3.46. The number of rotatable bonds is 3. The number of nitrogens with two attached hydrogens (primary N) is 1. The SMILES string of the molecule is CCc1ncc(C(=O)CN)o1. The van der Waals surface area contributed by atoms with Gasteiger partial charge in [-0.3, -0.25) is 4.79 Å². The van der Waals surface area contributed by atoms with E-state index in [0.29, 0.717) is 12.3 Å². The Kier molecular flexibility index (Phi) is 2.38. The largest absolute Gasteiger partial charge is 0.438 e. The number of carbonyl (C=O) groups is 1. The van der Waals surface area contributed by atoms with Crippen LogP contribution >= 0.6 is 0 Å². The van der Waals surface area contributed by atoms with Gasteiger partial charge in [0.05, 0.1) is 12.7 Å². The molecule has 1 aromatic rings. The van der Waals surface area contributed by atoms with E-state index in [-0.39, 0.29) is 18.1 Å². The molecule has 4 nitrogen and oxygen atoms in total. The monoisotopic (exact) mass is 154 g/mol. The highest BCUT2D eigenvalue weighted by Gasteiger charge is 2.08. The number of ketones is 1. The highest BCUT2D eigenvalue weighted by atomic mass is 16.4. The predicted molar refractivity (Wildman–Crippen MR) is 39.3 cm³/mol. The van der Waals surface area contributed by atoms with Crippen molar-refractivity contribution in [2.24, 2.45) is 5.73 Å². The molecule has 0 bridgehead atoms. The minimum Gasteiger partial charge on any atom is -0.438 e. The van der Waals surface area contributed by atoms with Gasteiger partial charge < -0.3 is 10.2 Å². The lowest BCUT2D eigenvalue weighted by Crippen LogP contribution is -2.12. The van der Waals surface area contributed by atoms with Crippen LogP contribution in [0.15, 0.2) is 10.6 Å². The zero-order valence-electron chi connectivity index (χ0n) is 6.33. The van der Waals surface area contributed by atoms with Gasteiger partial charge in [-0.1, -0.05) is 6.92 Å². The molecule has 0 atom stereocenters. The quantitative estimate of drug-likeness (QED) is 0.639. The molecule has 2 N–H and O–H groups in total. The van der Waals surface area contributed by atoms with Crippen molar-refractivity contribution in [2.75, 3.05) is 6.54 Å². The van der Waals surface area contributed by atoms with E-state index < -0.39 is 0 Å². The average Bonchev–Trinajstić information content (AvgIpc) is 2.50. The minimum atomic E-state index is -0.211. The smallest absolute Gasteiger partial charge is 0.213 e. The molecule has 4 heteroatoms. The van der Waals surface area contributed by atoms with Crippen LogP contribution in [-0.4, -0.2) is 17.3 Å². The van der Waals surface area contributed by atoms with Crippen LogP contribution < -0.4 is 5.73 Å². The Balaban J connectivity index is 2.80. The molecule has 0 radical (unpaired) electrons. The molecule has 11 heavy (non-hydrogen) atoms. The lowest BCUT2D eigenvalue weighted by molar-refractivity contribution is 0.0973. The number of aryl methyl sites for hydroxylation is 1. The Hall–Kier alpha value is -1.16. The molecule has 0 amide bonds. The Bertz CT molecular complexity index is 255. The van der Waals surface area contributed by atoms with E-state index in [1.54, 1.807) is 0 Å². The molecule has 0 spiro atoms. The third kappa shape index (κ3) is 1.65. The van der Waals surface area contributed by atoms with E-state index in [1.807, 2.05) is 6.92 Å². The molecule has 0 aliphatic carbocycles. The molecule has 1 heterocycles. The number of Topliss-reactive ketones (excluding diaryl/α,β-unsaturated/α-hetero) is 1. The van der Waals surface area contributed by atoms with Crippen LogP contribution in [0, 0.1) is 0 Å². The van der Waals surface area contributed by atoms with Crippen LogP contribution in [0.25, 0.3) is 0 Å². The minimum absolute atomic E-state index is 0.0294. The van der Waals surface area contributed by atoms with Crippen molar-refractivity contribution in [1.29, 1.82) is 0 Å². The van der Waals surface area contributed by atoms with Gasteiger partial charge in [0, 0.05) is 6.42 Å².